The Bertz CT molecular complexity index is 849. The van der Waals surface area contributed by atoms with Crippen molar-refractivity contribution in [3.63, 3.8) is 0 Å². The van der Waals surface area contributed by atoms with Crippen LogP contribution in [0.25, 0.3) is 0 Å². The SMILES string of the molecule is Cc1ccc(N(CC(=O)Nc2ccc(I)cc2)S(C)(=O)=O)c(C)c1. The predicted octanol–water partition coefficient (Wildman–Crippen LogP) is 3.31. The molecule has 0 aliphatic rings. The van der Waals surface area contributed by atoms with E-state index >= 15 is 0 Å². The van der Waals surface area contributed by atoms with Crippen molar-refractivity contribution in [3.05, 3.63) is 57.2 Å². The first kappa shape index (κ1) is 18.7. The van der Waals surface area contributed by atoms with Gasteiger partial charge >= 0.3 is 0 Å². The predicted molar refractivity (Wildman–Crippen MR) is 106 cm³/mol. The molecule has 0 spiro atoms. The fourth-order valence-corrected chi connectivity index (χ4v) is 3.60. The first-order chi connectivity index (χ1) is 11.2. The molecule has 1 N–H and O–H groups in total. The molecule has 0 saturated heterocycles. The van der Waals surface area contributed by atoms with E-state index in [1.165, 1.54) is 0 Å². The fourth-order valence-electron chi connectivity index (χ4n) is 2.33. The van der Waals surface area contributed by atoms with Crippen LogP contribution in [0, 0.1) is 17.4 Å². The van der Waals surface area contributed by atoms with Gasteiger partial charge in [-0.15, -0.1) is 0 Å². The molecule has 0 heterocycles. The normalized spacial score (nSPS) is 11.2. The zero-order valence-corrected chi connectivity index (χ0v) is 16.7. The third kappa shape index (κ3) is 4.94. The highest BCUT2D eigenvalue weighted by Gasteiger charge is 2.22. The highest BCUT2D eigenvalue weighted by Crippen LogP contribution is 2.23. The number of carbonyl (C=O) groups is 1. The Morgan fingerprint density at radius 1 is 1.12 bits per heavy atom. The van der Waals surface area contributed by atoms with E-state index in [4.69, 9.17) is 0 Å². The van der Waals surface area contributed by atoms with Gasteiger partial charge in [0.2, 0.25) is 15.9 Å². The maximum atomic E-state index is 12.3. The number of benzene rings is 2. The van der Waals surface area contributed by atoms with E-state index in [1.54, 1.807) is 18.2 Å². The highest BCUT2D eigenvalue weighted by atomic mass is 127. The van der Waals surface area contributed by atoms with Crippen LogP contribution in [0.15, 0.2) is 42.5 Å². The molecule has 7 heteroatoms. The molecule has 0 unspecified atom stereocenters. The summed E-state index contributed by atoms with van der Waals surface area (Å²) in [6.45, 7) is 3.50. The van der Waals surface area contributed by atoms with Crippen LogP contribution in [-0.2, 0) is 14.8 Å². The molecule has 2 aromatic rings. The second kappa shape index (κ2) is 7.52. The number of anilines is 2. The summed E-state index contributed by atoms with van der Waals surface area (Å²) in [5, 5.41) is 2.72. The van der Waals surface area contributed by atoms with Crippen molar-refractivity contribution >= 4 is 49.9 Å². The number of nitrogens with one attached hydrogen (secondary N) is 1. The minimum Gasteiger partial charge on any atom is -0.325 e. The fraction of sp³-hybridized carbons (Fsp3) is 0.235. The largest absolute Gasteiger partial charge is 0.325 e. The van der Waals surface area contributed by atoms with Gasteiger partial charge in [0.1, 0.15) is 6.54 Å². The Hall–Kier alpha value is -1.61. The number of hydrogen-bond acceptors (Lipinski definition) is 3. The highest BCUT2D eigenvalue weighted by molar-refractivity contribution is 14.1. The average Bonchev–Trinajstić information content (AvgIpc) is 2.47. The molecule has 2 aromatic carbocycles. The Labute approximate surface area is 156 Å². The van der Waals surface area contributed by atoms with E-state index in [0.29, 0.717) is 11.4 Å². The van der Waals surface area contributed by atoms with Gasteiger partial charge in [0.05, 0.1) is 11.9 Å². The molecule has 0 saturated carbocycles. The molecule has 128 valence electrons. The molecule has 1 amide bonds. The number of rotatable bonds is 5. The van der Waals surface area contributed by atoms with Crippen molar-refractivity contribution in [1.29, 1.82) is 0 Å². The number of amides is 1. The number of aryl methyl sites for hydroxylation is 2. The first-order valence-electron chi connectivity index (χ1n) is 7.27. The zero-order valence-electron chi connectivity index (χ0n) is 13.7. The maximum absolute atomic E-state index is 12.3. The molecule has 2 rings (SSSR count). The molecule has 0 aliphatic carbocycles. The van der Waals surface area contributed by atoms with Gasteiger partial charge in [-0.3, -0.25) is 9.10 Å². The van der Waals surface area contributed by atoms with E-state index in [9.17, 15) is 13.2 Å². The van der Waals surface area contributed by atoms with Crippen LogP contribution in [0.1, 0.15) is 11.1 Å². The van der Waals surface area contributed by atoms with Gasteiger partial charge in [-0.2, -0.15) is 0 Å². The van der Waals surface area contributed by atoms with Gasteiger partial charge in [-0.25, -0.2) is 8.42 Å². The Morgan fingerprint density at radius 2 is 1.75 bits per heavy atom. The van der Waals surface area contributed by atoms with Crippen molar-refractivity contribution in [2.45, 2.75) is 13.8 Å². The van der Waals surface area contributed by atoms with E-state index in [1.807, 2.05) is 38.1 Å². The lowest BCUT2D eigenvalue weighted by molar-refractivity contribution is -0.114. The summed E-state index contributed by atoms with van der Waals surface area (Å²) in [6, 6.07) is 12.7. The molecule has 0 aromatic heterocycles. The topological polar surface area (TPSA) is 66.5 Å². The van der Waals surface area contributed by atoms with Gasteiger partial charge in [0, 0.05) is 9.26 Å². The van der Waals surface area contributed by atoms with Crippen LogP contribution in [-0.4, -0.2) is 27.1 Å². The number of halogens is 1. The van der Waals surface area contributed by atoms with E-state index < -0.39 is 10.0 Å². The summed E-state index contributed by atoms with van der Waals surface area (Å²) in [7, 11) is -3.58. The Morgan fingerprint density at radius 3 is 2.29 bits per heavy atom. The summed E-state index contributed by atoms with van der Waals surface area (Å²) < 4.78 is 26.5. The van der Waals surface area contributed by atoms with Crippen molar-refractivity contribution in [3.8, 4) is 0 Å². The lowest BCUT2D eigenvalue weighted by Gasteiger charge is -2.24. The lowest BCUT2D eigenvalue weighted by Crippen LogP contribution is -2.37. The molecule has 0 aliphatic heterocycles. The minimum absolute atomic E-state index is 0.269. The third-order valence-corrected chi connectivity index (χ3v) is 5.28. The third-order valence-electron chi connectivity index (χ3n) is 3.44. The molecular weight excluding hydrogens is 439 g/mol. The minimum atomic E-state index is -3.58. The standard InChI is InChI=1S/C17H19IN2O3S/c1-12-4-9-16(13(2)10-12)20(24(3,22)23)11-17(21)19-15-7-5-14(18)6-8-15/h4-10H,11H2,1-3H3,(H,19,21). The van der Waals surface area contributed by atoms with Crippen molar-refractivity contribution < 1.29 is 13.2 Å². The summed E-state index contributed by atoms with van der Waals surface area (Å²) in [5.41, 5.74) is 2.99. The molecule has 0 radical (unpaired) electrons. The monoisotopic (exact) mass is 458 g/mol. The molecule has 5 nitrogen and oxygen atoms in total. The second-order valence-corrected chi connectivity index (χ2v) is 8.77. The molecule has 0 atom stereocenters. The summed E-state index contributed by atoms with van der Waals surface area (Å²) in [6.07, 6.45) is 1.10. The quantitative estimate of drug-likeness (QED) is 0.700. The van der Waals surface area contributed by atoms with E-state index in [2.05, 4.69) is 27.9 Å². The van der Waals surface area contributed by atoms with Gasteiger partial charge < -0.3 is 5.32 Å². The Balaban J connectivity index is 2.23. The van der Waals surface area contributed by atoms with E-state index in [0.717, 1.165) is 25.3 Å². The molecule has 24 heavy (non-hydrogen) atoms. The summed E-state index contributed by atoms with van der Waals surface area (Å²) >= 11 is 2.17. The van der Waals surface area contributed by atoms with Gasteiger partial charge in [0.25, 0.3) is 0 Å². The van der Waals surface area contributed by atoms with Crippen LogP contribution in [0.5, 0.6) is 0 Å². The molecular formula is C17H19IN2O3S. The number of nitrogens with zero attached hydrogens (tertiary/aromatic N) is 1. The zero-order chi connectivity index (χ0) is 17.9. The Kier molecular flexibility index (Phi) is 5.87. The van der Waals surface area contributed by atoms with Gasteiger partial charge in [-0.1, -0.05) is 17.7 Å². The summed E-state index contributed by atoms with van der Waals surface area (Å²) in [4.78, 5) is 12.3. The number of hydrogen-bond donors (Lipinski definition) is 1. The van der Waals surface area contributed by atoms with E-state index in [-0.39, 0.29) is 12.5 Å². The van der Waals surface area contributed by atoms with Crippen LogP contribution < -0.4 is 9.62 Å². The lowest BCUT2D eigenvalue weighted by atomic mass is 10.1. The van der Waals surface area contributed by atoms with Crippen molar-refractivity contribution in [2.24, 2.45) is 0 Å². The number of sulfonamides is 1. The van der Waals surface area contributed by atoms with Crippen LogP contribution in [0.3, 0.4) is 0 Å². The van der Waals surface area contributed by atoms with Gasteiger partial charge in [0.15, 0.2) is 0 Å². The average molecular weight is 458 g/mol. The van der Waals surface area contributed by atoms with Crippen molar-refractivity contribution in [2.75, 3.05) is 22.4 Å². The maximum Gasteiger partial charge on any atom is 0.245 e. The summed E-state index contributed by atoms with van der Waals surface area (Å²) in [5.74, 6) is -0.387. The van der Waals surface area contributed by atoms with Gasteiger partial charge in [-0.05, 0) is 72.3 Å². The first-order valence-corrected chi connectivity index (χ1v) is 10.2. The van der Waals surface area contributed by atoms with Crippen LogP contribution >= 0.6 is 22.6 Å². The van der Waals surface area contributed by atoms with Crippen LogP contribution in [0.4, 0.5) is 11.4 Å². The second-order valence-electron chi connectivity index (χ2n) is 5.61. The van der Waals surface area contributed by atoms with Crippen LogP contribution in [0.2, 0.25) is 0 Å². The number of carbonyl (C=O) groups excluding carboxylic acids is 1. The van der Waals surface area contributed by atoms with Crippen molar-refractivity contribution in [1.82, 2.24) is 0 Å². The molecule has 0 fully saturated rings. The molecule has 0 bridgehead atoms. The smallest absolute Gasteiger partial charge is 0.245 e.